The number of carbonyl (C=O) groups is 4. The Labute approximate surface area is 218 Å². The van der Waals surface area contributed by atoms with Gasteiger partial charge in [-0.25, -0.2) is 9.78 Å². The summed E-state index contributed by atoms with van der Waals surface area (Å²) in [5.41, 5.74) is 1.96. The first-order valence-electron chi connectivity index (χ1n) is 10.8. The first-order valence-corrected chi connectivity index (χ1v) is 13.6. The Hall–Kier alpha value is -3.48. The van der Waals surface area contributed by atoms with E-state index >= 15 is 0 Å². The highest BCUT2D eigenvalue weighted by atomic mass is 32.2. The summed E-state index contributed by atoms with van der Waals surface area (Å²) in [6, 6.07) is 10.0. The minimum atomic E-state index is -1.19. The molecular formula is C24H20N4O5S3. The normalized spacial score (nSPS) is 18.9. The van der Waals surface area contributed by atoms with Crippen molar-refractivity contribution in [1.82, 2.24) is 9.88 Å². The maximum absolute atomic E-state index is 13.2. The predicted molar refractivity (Wildman–Crippen MR) is 141 cm³/mol. The first kappa shape index (κ1) is 24.2. The average molecular weight is 541 g/mol. The molecule has 1 saturated heterocycles. The molecule has 184 valence electrons. The molecule has 9 nitrogen and oxygen atoms in total. The van der Waals surface area contributed by atoms with Crippen molar-refractivity contribution in [1.29, 1.82) is 0 Å². The van der Waals surface area contributed by atoms with Crippen molar-refractivity contribution in [3.05, 3.63) is 58.5 Å². The molecule has 2 aromatic heterocycles. The Morgan fingerprint density at radius 2 is 1.92 bits per heavy atom. The van der Waals surface area contributed by atoms with Gasteiger partial charge in [0.15, 0.2) is 0 Å². The van der Waals surface area contributed by atoms with Gasteiger partial charge < -0.3 is 10.4 Å². The van der Waals surface area contributed by atoms with E-state index in [4.69, 9.17) is 0 Å². The SMILES string of the molecule is CC(=O)Nc1ccc(-c2ncc(C3=C(C(=O)O)N4C(=O)C(N(C(C)=O)c5cccs5)C4SC3)s2)cc1. The standard InChI is InChI=1S/C24H20N4O5S3/c1-12(29)26-15-7-5-14(6-8-15)21-25-10-17(36-21)16-11-35-23-20(22(31)28(23)19(16)24(32)33)27(13(2)30)18-4-3-9-34-18/h3-10,20,23H,11H2,1-2H3,(H,26,29)(H,32,33). The van der Waals surface area contributed by atoms with Crippen LogP contribution in [0.3, 0.4) is 0 Å². The lowest BCUT2D eigenvalue weighted by Crippen LogP contribution is -2.71. The molecule has 2 aliphatic heterocycles. The molecule has 1 fully saturated rings. The van der Waals surface area contributed by atoms with Crippen LogP contribution in [0.2, 0.25) is 0 Å². The van der Waals surface area contributed by atoms with Gasteiger partial charge in [-0.15, -0.1) is 34.4 Å². The number of thiophene rings is 1. The lowest BCUT2D eigenvalue weighted by molar-refractivity contribution is -0.148. The fourth-order valence-corrected chi connectivity index (χ4v) is 7.51. The van der Waals surface area contributed by atoms with E-state index in [-0.39, 0.29) is 17.5 Å². The largest absolute Gasteiger partial charge is 0.477 e. The zero-order valence-electron chi connectivity index (χ0n) is 19.1. The minimum Gasteiger partial charge on any atom is -0.477 e. The number of nitrogens with one attached hydrogen (secondary N) is 1. The van der Waals surface area contributed by atoms with Crippen LogP contribution in [0.4, 0.5) is 10.7 Å². The number of nitrogens with zero attached hydrogens (tertiary/aromatic N) is 3. The number of thiazole rings is 1. The molecule has 5 rings (SSSR count). The average Bonchev–Trinajstić information content (AvgIpc) is 3.54. The maximum Gasteiger partial charge on any atom is 0.353 e. The minimum absolute atomic E-state index is 0.0640. The van der Waals surface area contributed by atoms with Crippen LogP contribution in [0.15, 0.2) is 53.7 Å². The molecule has 0 aliphatic carbocycles. The third-order valence-electron chi connectivity index (χ3n) is 5.76. The van der Waals surface area contributed by atoms with E-state index in [1.807, 2.05) is 17.5 Å². The van der Waals surface area contributed by atoms with Gasteiger partial charge in [-0.05, 0) is 41.8 Å². The summed E-state index contributed by atoms with van der Waals surface area (Å²) in [6.07, 6.45) is 1.62. The van der Waals surface area contributed by atoms with Crippen LogP contribution < -0.4 is 10.2 Å². The zero-order valence-corrected chi connectivity index (χ0v) is 21.6. The van der Waals surface area contributed by atoms with Crippen molar-refractivity contribution in [2.75, 3.05) is 16.0 Å². The number of hydrogen-bond acceptors (Lipinski definition) is 8. The van der Waals surface area contributed by atoms with E-state index in [1.165, 1.54) is 58.1 Å². The van der Waals surface area contributed by atoms with Gasteiger partial charge in [0.2, 0.25) is 11.8 Å². The molecular weight excluding hydrogens is 520 g/mol. The van der Waals surface area contributed by atoms with Crippen LogP contribution in [0.1, 0.15) is 18.7 Å². The fraction of sp³-hybridized carbons (Fsp3) is 0.208. The van der Waals surface area contributed by atoms with Gasteiger partial charge >= 0.3 is 5.97 Å². The number of carbonyl (C=O) groups excluding carboxylic acids is 3. The molecule has 0 radical (unpaired) electrons. The molecule has 3 aromatic rings. The van der Waals surface area contributed by atoms with Crippen LogP contribution in [-0.4, -0.2) is 55.8 Å². The summed E-state index contributed by atoms with van der Waals surface area (Å²) in [5.74, 6) is -1.66. The Kier molecular flexibility index (Phi) is 6.41. The molecule has 2 aliphatic rings. The molecule has 4 heterocycles. The van der Waals surface area contributed by atoms with Crippen LogP contribution in [0.5, 0.6) is 0 Å². The smallest absolute Gasteiger partial charge is 0.353 e. The number of carboxylic acids is 1. The number of amides is 3. The van der Waals surface area contributed by atoms with E-state index in [2.05, 4.69) is 10.3 Å². The topological polar surface area (TPSA) is 120 Å². The lowest BCUT2D eigenvalue weighted by Gasteiger charge is -2.52. The number of aliphatic carboxylic acids is 1. The number of hydrogen-bond donors (Lipinski definition) is 2. The summed E-state index contributed by atoms with van der Waals surface area (Å²) in [6.45, 7) is 2.84. The summed E-state index contributed by atoms with van der Waals surface area (Å²) in [4.78, 5) is 57.1. The molecule has 3 amide bonds. The number of benzene rings is 1. The molecule has 0 spiro atoms. The molecule has 2 N–H and O–H groups in total. The van der Waals surface area contributed by atoms with Gasteiger partial charge in [0, 0.05) is 42.6 Å². The molecule has 0 bridgehead atoms. The number of β-lactam (4-membered cyclic amide) rings is 1. The first-order chi connectivity index (χ1) is 17.3. The van der Waals surface area contributed by atoms with Gasteiger partial charge in [0.05, 0.1) is 9.88 Å². The molecule has 12 heteroatoms. The Morgan fingerprint density at radius 3 is 2.53 bits per heavy atom. The van der Waals surface area contributed by atoms with Gasteiger partial charge in [-0.3, -0.25) is 24.2 Å². The van der Waals surface area contributed by atoms with Gasteiger partial charge in [0.1, 0.15) is 22.1 Å². The van der Waals surface area contributed by atoms with Gasteiger partial charge in [-0.2, -0.15) is 0 Å². The highest BCUT2D eigenvalue weighted by molar-refractivity contribution is 8.00. The number of anilines is 2. The highest BCUT2D eigenvalue weighted by Crippen LogP contribution is 2.47. The number of thioether (sulfide) groups is 1. The van der Waals surface area contributed by atoms with Gasteiger partial charge in [-0.1, -0.05) is 0 Å². The Bertz CT molecular complexity index is 1400. The van der Waals surface area contributed by atoms with Gasteiger partial charge in [0.25, 0.3) is 5.91 Å². The van der Waals surface area contributed by atoms with E-state index in [0.717, 1.165) is 5.56 Å². The van der Waals surface area contributed by atoms with E-state index in [0.29, 0.717) is 31.9 Å². The molecule has 0 saturated carbocycles. The van der Waals surface area contributed by atoms with Crippen molar-refractivity contribution >= 4 is 74.4 Å². The van der Waals surface area contributed by atoms with Crippen LogP contribution in [0.25, 0.3) is 16.1 Å². The second-order valence-electron chi connectivity index (χ2n) is 8.12. The second kappa shape index (κ2) is 9.52. The summed E-state index contributed by atoms with van der Waals surface area (Å²) >= 11 is 4.13. The molecule has 2 atom stereocenters. The van der Waals surface area contributed by atoms with Crippen LogP contribution >= 0.6 is 34.4 Å². The number of rotatable bonds is 6. The summed E-state index contributed by atoms with van der Waals surface area (Å²) in [7, 11) is 0. The summed E-state index contributed by atoms with van der Waals surface area (Å²) < 4.78 is 0. The van der Waals surface area contributed by atoms with Crippen molar-refractivity contribution in [2.24, 2.45) is 0 Å². The van der Waals surface area contributed by atoms with Crippen LogP contribution in [0, 0.1) is 0 Å². The number of carboxylic acid groups (broad SMARTS) is 1. The van der Waals surface area contributed by atoms with E-state index in [9.17, 15) is 24.3 Å². The highest BCUT2D eigenvalue weighted by Gasteiger charge is 2.57. The third-order valence-corrected chi connectivity index (χ3v) is 9.00. The zero-order chi connectivity index (χ0) is 25.6. The van der Waals surface area contributed by atoms with E-state index in [1.54, 1.807) is 30.5 Å². The van der Waals surface area contributed by atoms with Crippen molar-refractivity contribution < 1.29 is 24.3 Å². The second-order valence-corrected chi connectivity index (χ2v) is 11.2. The Balaban J connectivity index is 1.44. The molecule has 36 heavy (non-hydrogen) atoms. The maximum atomic E-state index is 13.2. The number of aromatic nitrogens is 1. The fourth-order valence-electron chi connectivity index (χ4n) is 4.23. The molecule has 2 unspecified atom stereocenters. The van der Waals surface area contributed by atoms with E-state index < -0.39 is 23.3 Å². The molecule has 1 aromatic carbocycles. The predicted octanol–water partition coefficient (Wildman–Crippen LogP) is 3.96. The monoisotopic (exact) mass is 540 g/mol. The quantitative estimate of drug-likeness (QED) is 0.454. The summed E-state index contributed by atoms with van der Waals surface area (Å²) in [5, 5.41) is 15.5. The Morgan fingerprint density at radius 1 is 1.17 bits per heavy atom. The van der Waals surface area contributed by atoms with Crippen molar-refractivity contribution in [2.45, 2.75) is 25.3 Å². The van der Waals surface area contributed by atoms with Crippen molar-refractivity contribution in [3.63, 3.8) is 0 Å². The lowest BCUT2D eigenvalue weighted by atomic mass is 10.0. The van der Waals surface area contributed by atoms with Crippen molar-refractivity contribution in [3.8, 4) is 10.6 Å². The number of fused-ring (bicyclic) bond motifs is 1. The van der Waals surface area contributed by atoms with Crippen LogP contribution in [-0.2, 0) is 19.2 Å². The third kappa shape index (κ3) is 4.21.